The number of hydrogen-bond donors (Lipinski definition) is 0. The molecule has 1 aromatic carbocycles. The van der Waals surface area contributed by atoms with Crippen molar-refractivity contribution in [2.75, 3.05) is 6.61 Å². The molecule has 0 aliphatic carbocycles. The van der Waals surface area contributed by atoms with E-state index in [0.29, 0.717) is 6.61 Å². The van der Waals surface area contributed by atoms with Crippen molar-refractivity contribution in [3.63, 3.8) is 0 Å². The zero-order valence-corrected chi connectivity index (χ0v) is 9.47. The van der Waals surface area contributed by atoms with E-state index in [-0.39, 0.29) is 6.54 Å². The van der Waals surface area contributed by atoms with E-state index in [1.165, 1.54) is 6.92 Å². The molecular formula is C12H15NO3. The van der Waals surface area contributed by atoms with Gasteiger partial charge in [-0.05, 0) is 12.5 Å². The van der Waals surface area contributed by atoms with E-state index in [1.54, 1.807) is 6.92 Å². The number of amides is 1. The molecule has 1 rings (SSSR count). The quantitative estimate of drug-likeness (QED) is 0.560. The second kappa shape index (κ2) is 6.02. The van der Waals surface area contributed by atoms with E-state index < -0.39 is 11.7 Å². The van der Waals surface area contributed by atoms with E-state index in [4.69, 9.17) is 4.84 Å². The SMILES string of the molecule is CCON(Cc1ccccc1)C(=O)C(C)=O. The van der Waals surface area contributed by atoms with E-state index in [0.717, 1.165) is 10.6 Å². The van der Waals surface area contributed by atoms with Crippen LogP contribution < -0.4 is 0 Å². The molecule has 0 unspecified atom stereocenters. The van der Waals surface area contributed by atoms with E-state index >= 15 is 0 Å². The molecule has 0 bridgehead atoms. The summed E-state index contributed by atoms with van der Waals surface area (Å²) in [7, 11) is 0. The van der Waals surface area contributed by atoms with E-state index in [9.17, 15) is 9.59 Å². The predicted octanol–water partition coefficient (Wildman–Crippen LogP) is 1.56. The number of Topliss-reactive ketones (excluding diaryl/α,β-unsaturated/α-hetero) is 1. The van der Waals surface area contributed by atoms with Crippen LogP contribution in [0.1, 0.15) is 19.4 Å². The molecule has 0 atom stereocenters. The summed E-state index contributed by atoms with van der Waals surface area (Å²) in [6.45, 7) is 3.64. The molecule has 0 heterocycles. The molecule has 0 spiro atoms. The third-order valence-electron chi connectivity index (χ3n) is 1.98. The molecule has 0 fully saturated rings. The number of carbonyl (C=O) groups is 2. The van der Waals surface area contributed by atoms with Gasteiger partial charge in [-0.15, -0.1) is 0 Å². The molecule has 16 heavy (non-hydrogen) atoms. The van der Waals surface area contributed by atoms with Gasteiger partial charge in [0, 0.05) is 6.92 Å². The van der Waals surface area contributed by atoms with Crippen LogP contribution in [0, 0.1) is 0 Å². The summed E-state index contributed by atoms with van der Waals surface area (Å²) < 4.78 is 0. The van der Waals surface area contributed by atoms with Crippen LogP contribution in [-0.4, -0.2) is 23.4 Å². The topological polar surface area (TPSA) is 46.6 Å². The Hall–Kier alpha value is -1.68. The highest BCUT2D eigenvalue weighted by Gasteiger charge is 2.18. The molecule has 0 saturated heterocycles. The average molecular weight is 221 g/mol. The lowest BCUT2D eigenvalue weighted by atomic mass is 10.2. The first kappa shape index (κ1) is 12.4. The molecular weight excluding hydrogens is 206 g/mol. The number of carbonyl (C=O) groups excluding carboxylic acids is 2. The molecule has 4 nitrogen and oxygen atoms in total. The van der Waals surface area contributed by atoms with Crippen molar-refractivity contribution < 1.29 is 14.4 Å². The molecule has 0 aliphatic heterocycles. The van der Waals surface area contributed by atoms with Gasteiger partial charge in [0.25, 0.3) is 0 Å². The van der Waals surface area contributed by atoms with Gasteiger partial charge in [0.2, 0.25) is 5.78 Å². The first-order valence-electron chi connectivity index (χ1n) is 5.14. The Morgan fingerprint density at radius 2 is 1.88 bits per heavy atom. The Kier molecular flexibility index (Phi) is 4.66. The minimum absolute atomic E-state index is 0.285. The minimum atomic E-state index is -0.620. The van der Waals surface area contributed by atoms with Crippen molar-refractivity contribution in [1.29, 1.82) is 0 Å². The average Bonchev–Trinajstić information content (AvgIpc) is 2.29. The number of benzene rings is 1. The van der Waals surface area contributed by atoms with Crippen molar-refractivity contribution >= 4 is 11.7 Å². The molecule has 0 radical (unpaired) electrons. The van der Waals surface area contributed by atoms with Gasteiger partial charge >= 0.3 is 5.91 Å². The van der Waals surface area contributed by atoms with Crippen LogP contribution in [0.3, 0.4) is 0 Å². The lowest BCUT2D eigenvalue weighted by molar-refractivity contribution is -0.189. The first-order chi connectivity index (χ1) is 7.65. The summed E-state index contributed by atoms with van der Waals surface area (Å²) >= 11 is 0. The highest BCUT2D eigenvalue weighted by molar-refractivity contribution is 6.34. The summed E-state index contributed by atoms with van der Waals surface area (Å²) in [5.41, 5.74) is 0.922. The van der Waals surface area contributed by atoms with Gasteiger partial charge in [0.05, 0.1) is 13.2 Å². The number of ketones is 1. The van der Waals surface area contributed by atoms with Gasteiger partial charge in [-0.25, -0.2) is 5.06 Å². The minimum Gasteiger partial charge on any atom is -0.289 e. The largest absolute Gasteiger partial charge is 0.313 e. The van der Waals surface area contributed by atoms with Crippen molar-refractivity contribution in [2.45, 2.75) is 20.4 Å². The van der Waals surface area contributed by atoms with Crippen LogP contribution in [0.25, 0.3) is 0 Å². The highest BCUT2D eigenvalue weighted by Crippen LogP contribution is 2.05. The van der Waals surface area contributed by atoms with Crippen molar-refractivity contribution in [1.82, 2.24) is 5.06 Å². The van der Waals surface area contributed by atoms with Crippen LogP contribution in [0.4, 0.5) is 0 Å². The normalized spacial score (nSPS) is 9.88. The van der Waals surface area contributed by atoms with Crippen LogP contribution in [0.2, 0.25) is 0 Å². The third-order valence-corrected chi connectivity index (χ3v) is 1.98. The Morgan fingerprint density at radius 1 is 1.25 bits per heavy atom. The van der Waals surface area contributed by atoms with Crippen molar-refractivity contribution in [3.05, 3.63) is 35.9 Å². The maximum absolute atomic E-state index is 11.5. The van der Waals surface area contributed by atoms with Gasteiger partial charge in [-0.2, -0.15) is 0 Å². The molecule has 1 aromatic rings. The van der Waals surface area contributed by atoms with E-state index in [1.807, 2.05) is 30.3 Å². The summed E-state index contributed by atoms with van der Waals surface area (Å²) in [5, 5.41) is 1.09. The molecule has 1 amide bonds. The van der Waals surface area contributed by atoms with Crippen molar-refractivity contribution in [3.8, 4) is 0 Å². The summed E-state index contributed by atoms with van der Waals surface area (Å²) in [5.74, 6) is -1.14. The van der Waals surface area contributed by atoms with Gasteiger partial charge in [-0.1, -0.05) is 30.3 Å². The molecule has 0 aromatic heterocycles. The maximum Gasteiger partial charge on any atom is 0.313 e. The van der Waals surface area contributed by atoms with Gasteiger partial charge in [0.1, 0.15) is 0 Å². The summed E-state index contributed by atoms with van der Waals surface area (Å²) in [6, 6.07) is 9.38. The second-order valence-electron chi connectivity index (χ2n) is 3.30. The van der Waals surface area contributed by atoms with Gasteiger partial charge in [-0.3, -0.25) is 14.4 Å². The zero-order valence-electron chi connectivity index (χ0n) is 9.47. The number of rotatable bonds is 5. The summed E-state index contributed by atoms with van der Waals surface area (Å²) in [4.78, 5) is 27.6. The van der Waals surface area contributed by atoms with Crippen molar-refractivity contribution in [2.24, 2.45) is 0 Å². The Balaban J connectivity index is 2.72. The van der Waals surface area contributed by atoms with Crippen LogP contribution >= 0.6 is 0 Å². The molecule has 4 heteroatoms. The fourth-order valence-corrected chi connectivity index (χ4v) is 1.26. The fourth-order valence-electron chi connectivity index (χ4n) is 1.26. The van der Waals surface area contributed by atoms with E-state index in [2.05, 4.69) is 0 Å². The molecule has 86 valence electrons. The molecule has 0 aliphatic rings. The van der Waals surface area contributed by atoms with Crippen LogP contribution in [0.5, 0.6) is 0 Å². The van der Waals surface area contributed by atoms with Crippen LogP contribution in [-0.2, 0) is 21.0 Å². The maximum atomic E-state index is 11.5. The predicted molar refractivity (Wildman–Crippen MR) is 59.3 cm³/mol. The first-order valence-corrected chi connectivity index (χ1v) is 5.14. The standard InChI is InChI=1S/C12H15NO3/c1-3-16-13(12(15)10(2)14)9-11-7-5-4-6-8-11/h4-8H,3,9H2,1-2H3. The van der Waals surface area contributed by atoms with Crippen LogP contribution in [0.15, 0.2) is 30.3 Å². The lowest BCUT2D eigenvalue weighted by Crippen LogP contribution is -2.35. The lowest BCUT2D eigenvalue weighted by Gasteiger charge is -2.19. The fraction of sp³-hybridized carbons (Fsp3) is 0.333. The number of hydrogen-bond acceptors (Lipinski definition) is 3. The number of nitrogens with zero attached hydrogens (tertiary/aromatic N) is 1. The second-order valence-corrected chi connectivity index (χ2v) is 3.30. The van der Waals surface area contributed by atoms with Gasteiger partial charge in [0.15, 0.2) is 0 Å². The smallest absolute Gasteiger partial charge is 0.289 e. The molecule has 0 saturated carbocycles. The van der Waals surface area contributed by atoms with Gasteiger partial charge < -0.3 is 0 Å². The number of hydroxylamine groups is 2. The zero-order chi connectivity index (χ0) is 12.0. The Bertz CT molecular complexity index is 362. The highest BCUT2D eigenvalue weighted by atomic mass is 16.7. The Morgan fingerprint density at radius 3 is 2.38 bits per heavy atom. The Labute approximate surface area is 94.8 Å². The third kappa shape index (κ3) is 3.47. The summed E-state index contributed by atoms with van der Waals surface area (Å²) in [6.07, 6.45) is 0. The molecule has 0 N–H and O–H groups in total. The monoisotopic (exact) mass is 221 g/mol.